The number of hydrogen-bond donors (Lipinski definition) is 0. The molecule has 3 aliphatic rings. The first-order valence-corrected chi connectivity index (χ1v) is 5.68. The topological polar surface area (TPSA) is 26.3 Å². The minimum absolute atomic E-state index is 0.0478. The lowest BCUT2D eigenvalue weighted by Gasteiger charge is -2.31. The molecule has 3 radical (unpaired) electrons. The molecule has 0 aromatic heterocycles. The lowest BCUT2D eigenvalue weighted by Crippen LogP contribution is -2.33. The highest BCUT2D eigenvalue weighted by atomic mass is 28.1. The maximum Gasteiger partial charge on any atom is 0.312 e. The van der Waals surface area contributed by atoms with Crippen LogP contribution in [0.2, 0.25) is 5.54 Å². The SMILES string of the molecule is O=C1OCCC12CC1CC2CC1[Si]. The molecular weight excluding hydrogens is 180 g/mol. The van der Waals surface area contributed by atoms with Gasteiger partial charge < -0.3 is 4.74 Å². The minimum Gasteiger partial charge on any atom is -0.465 e. The van der Waals surface area contributed by atoms with E-state index in [9.17, 15) is 4.79 Å². The molecule has 1 spiro atoms. The van der Waals surface area contributed by atoms with Crippen LogP contribution in [0.3, 0.4) is 0 Å². The largest absolute Gasteiger partial charge is 0.465 e. The van der Waals surface area contributed by atoms with Crippen molar-refractivity contribution >= 4 is 16.2 Å². The average Bonchev–Trinajstić information content (AvgIpc) is 2.70. The van der Waals surface area contributed by atoms with Crippen molar-refractivity contribution in [1.82, 2.24) is 0 Å². The quantitative estimate of drug-likeness (QED) is 0.428. The van der Waals surface area contributed by atoms with Gasteiger partial charge in [-0.15, -0.1) is 0 Å². The summed E-state index contributed by atoms with van der Waals surface area (Å²) in [5.74, 6) is 1.43. The maximum atomic E-state index is 11.7. The molecular formula is C10H13O2Si. The molecule has 4 atom stereocenters. The summed E-state index contributed by atoms with van der Waals surface area (Å²) in [6.45, 7) is 0.661. The highest BCUT2D eigenvalue weighted by Gasteiger charge is 2.60. The predicted octanol–water partition coefficient (Wildman–Crippen LogP) is 1.31. The first-order chi connectivity index (χ1) is 6.22. The third-order valence-electron chi connectivity index (χ3n) is 4.29. The van der Waals surface area contributed by atoms with E-state index in [2.05, 4.69) is 10.2 Å². The van der Waals surface area contributed by atoms with E-state index in [1.54, 1.807) is 0 Å². The van der Waals surface area contributed by atoms with E-state index in [4.69, 9.17) is 4.74 Å². The molecule has 0 amide bonds. The Hall–Kier alpha value is -0.313. The molecule has 1 saturated heterocycles. The smallest absolute Gasteiger partial charge is 0.312 e. The molecule has 4 unspecified atom stereocenters. The average molecular weight is 193 g/mol. The molecule has 3 rings (SSSR count). The first-order valence-electron chi connectivity index (χ1n) is 5.11. The Labute approximate surface area is 81.5 Å². The van der Waals surface area contributed by atoms with Gasteiger partial charge in [0.25, 0.3) is 0 Å². The third kappa shape index (κ3) is 0.861. The number of ether oxygens (including phenoxy) is 1. The molecule has 3 fully saturated rings. The van der Waals surface area contributed by atoms with Crippen molar-refractivity contribution in [3.8, 4) is 0 Å². The van der Waals surface area contributed by atoms with Crippen LogP contribution in [0.25, 0.3) is 0 Å². The van der Waals surface area contributed by atoms with Gasteiger partial charge in [-0.3, -0.25) is 4.79 Å². The normalized spacial score (nSPS) is 53.3. The van der Waals surface area contributed by atoms with Gasteiger partial charge in [0, 0.05) is 10.2 Å². The van der Waals surface area contributed by atoms with Crippen LogP contribution >= 0.6 is 0 Å². The Morgan fingerprint density at radius 1 is 1.46 bits per heavy atom. The lowest BCUT2D eigenvalue weighted by molar-refractivity contribution is -0.148. The molecule has 0 aromatic rings. The fourth-order valence-electron chi connectivity index (χ4n) is 3.56. The number of rotatable bonds is 0. The molecule has 2 saturated carbocycles. The van der Waals surface area contributed by atoms with E-state index in [-0.39, 0.29) is 11.4 Å². The van der Waals surface area contributed by atoms with Gasteiger partial charge in [-0.25, -0.2) is 0 Å². The summed E-state index contributed by atoms with van der Waals surface area (Å²) < 4.78 is 5.12. The monoisotopic (exact) mass is 193 g/mol. The van der Waals surface area contributed by atoms with Gasteiger partial charge in [0.1, 0.15) is 0 Å². The lowest BCUT2D eigenvalue weighted by atomic mass is 9.72. The number of fused-ring (bicyclic) bond motifs is 3. The molecule has 0 N–H and O–H groups in total. The van der Waals surface area contributed by atoms with E-state index in [1.807, 2.05) is 0 Å². The van der Waals surface area contributed by atoms with Crippen LogP contribution in [0.5, 0.6) is 0 Å². The van der Waals surface area contributed by atoms with Crippen molar-refractivity contribution in [2.45, 2.75) is 31.2 Å². The molecule has 2 bridgehead atoms. The summed E-state index contributed by atoms with van der Waals surface area (Å²) in [6.07, 6.45) is 4.47. The molecule has 3 heteroatoms. The van der Waals surface area contributed by atoms with E-state index in [0.29, 0.717) is 18.1 Å². The van der Waals surface area contributed by atoms with E-state index < -0.39 is 0 Å². The number of carbonyl (C=O) groups excluding carboxylic acids is 1. The minimum atomic E-state index is -0.0478. The van der Waals surface area contributed by atoms with Crippen LogP contribution in [0.1, 0.15) is 25.7 Å². The Morgan fingerprint density at radius 2 is 2.31 bits per heavy atom. The number of esters is 1. The molecule has 1 aliphatic heterocycles. The number of carbonyl (C=O) groups is 1. The van der Waals surface area contributed by atoms with Gasteiger partial charge in [0.05, 0.1) is 12.0 Å². The molecule has 2 nitrogen and oxygen atoms in total. The van der Waals surface area contributed by atoms with Crippen molar-refractivity contribution < 1.29 is 9.53 Å². The molecule has 69 valence electrons. The highest BCUT2D eigenvalue weighted by Crippen LogP contribution is 2.62. The summed E-state index contributed by atoms with van der Waals surface area (Å²) in [5, 5.41) is 0. The summed E-state index contributed by atoms with van der Waals surface area (Å²) in [5.41, 5.74) is 0.609. The number of cyclic esters (lactones) is 1. The van der Waals surface area contributed by atoms with Crippen LogP contribution in [0.4, 0.5) is 0 Å². The Kier molecular flexibility index (Phi) is 1.47. The van der Waals surface area contributed by atoms with Gasteiger partial charge in [-0.2, -0.15) is 0 Å². The Balaban J connectivity index is 1.92. The third-order valence-corrected chi connectivity index (χ3v) is 5.00. The van der Waals surface area contributed by atoms with Gasteiger partial charge in [-0.1, -0.05) is 0 Å². The zero-order chi connectivity index (χ0) is 9.05. The predicted molar refractivity (Wildman–Crippen MR) is 48.3 cm³/mol. The van der Waals surface area contributed by atoms with Crippen molar-refractivity contribution in [3.05, 3.63) is 0 Å². The van der Waals surface area contributed by atoms with Crippen LogP contribution in [0, 0.1) is 17.3 Å². The zero-order valence-corrected chi connectivity index (χ0v) is 8.58. The van der Waals surface area contributed by atoms with Crippen LogP contribution in [0.15, 0.2) is 0 Å². The van der Waals surface area contributed by atoms with Gasteiger partial charge in [0.15, 0.2) is 0 Å². The Bertz CT molecular complexity index is 264. The number of hydrogen-bond acceptors (Lipinski definition) is 2. The standard InChI is InChI=1S/C10H13O2Si/c11-9-10(1-2-12-9)5-6-3-7(10)4-8(6)13/h6-8H,1-5H2. The second-order valence-corrected chi connectivity index (χ2v) is 5.52. The first kappa shape index (κ1) is 8.03. The van der Waals surface area contributed by atoms with Crippen molar-refractivity contribution in [2.24, 2.45) is 17.3 Å². The fraction of sp³-hybridized carbons (Fsp3) is 0.900. The molecule has 2 aliphatic carbocycles. The van der Waals surface area contributed by atoms with Crippen molar-refractivity contribution in [1.29, 1.82) is 0 Å². The van der Waals surface area contributed by atoms with Crippen molar-refractivity contribution in [3.63, 3.8) is 0 Å². The Morgan fingerprint density at radius 3 is 2.77 bits per heavy atom. The van der Waals surface area contributed by atoms with Crippen LogP contribution in [-0.4, -0.2) is 22.8 Å². The summed E-state index contributed by atoms with van der Waals surface area (Å²) in [6, 6.07) is 0. The highest BCUT2D eigenvalue weighted by molar-refractivity contribution is 6.12. The van der Waals surface area contributed by atoms with E-state index in [0.717, 1.165) is 18.8 Å². The second kappa shape index (κ2) is 2.38. The summed E-state index contributed by atoms with van der Waals surface area (Å²) >= 11 is 0. The molecule has 0 aromatic carbocycles. The van der Waals surface area contributed by atoms with Crippen LogP contribution in [-0.2, 0) is 9.53 Å². The van der Waals surface area contributed by atoms with Gasteiger partial charge in [-0.05, 0) is 43.1 Å². The zero-order valence-electron chi connectivity index (χ0n) is 7.58. The molecule has 13 heavy (non-hydrogen) atoms. The summed E-state index contributed by atoms with van der Waals surface area (Å²) in [7, 11) is 3.74. The maximum absolute atomic E-state index is 11.7. The van der Waals surface area contributed by atoms with Gasteiger partial charge in [0.2, 0.25) is 0 Å². The van der Waals surface area contributed by atoms with Crippen molar-refractivity contribution in [2.75, 3.05) is 6.61 Å². The summed E-state index contributed by atoms with van der Waals surface area (Å²) in [4.78, 5) is 11.7. The van der Waals surface area contributed by atoms with Gasteiger partial charge >= 0.3 is 5.97 Å². The second-order valence-electron chi connectivity index (χ2n) is 4.78. The van der Waals surface area contributed by atoms with Crippen LogP contribution < -0.4 is 0 Å². The van der Waals surface area contributed by atoms with E-state index >= 15 is 0 Å². The van der Waals surface area contributed by atoms with E-state index in [1.165, 1.54) is 12.8 Å². The molecule has 1 heterocycles. The fourth-order valence-corrected chi connectivity index (χ4v) is 4.10.